The predicted octanol–water partition coefficient (Wildman–Crippen LogP) is 4.01. The molecule has 3 amide bonds. The highest BCUT2D eigenvalue weighted by Crippen LogP contribution is 2.44. The lowest BCUT2D eigenvalue weighted by molar-refractivity contribution is -0.138. The lowest BCUT2D eigenvalue weighted by Crippen LogP contribution is -2.43. The minimum absolute atomic E-state index is 0.0582. The molecule has 8 nitrogen and oxygen atoms in total. The molecule has 1 aliphatic heterocycles. The van der Waals surface area contributed by atoms with Crippen LogP contribution in [0.1, 0.15) is 37.8 Å². The van der Waals surface area contributed by atoms with E-state index in [0.29, 0.717) is 16.9 Å². The van der Waals surface area contributed by atoms with E-state index in [2.05, 4.69) is 5.32 Å². The summed E-state index contributed by atoms with van der Waals surface area (Å²) in [6.07, 6.45) is -0.810. The summed E-state index contributed by atoms with van der Waals surface area (Å²) in [7, 11) is 0. The van der Waals surface area contributed by atoms with E-state index in [-0.39, 0.29) is 36.6 Å². The molecule has 1 heterocycles. The number of hydrogen-bond donors (Lipinski definition) is 2. The number of imide groups is 1. The number of ether oxygens (including phenoxy) is 1. The van der Waals surface area contributed by atoms with Gasteiger partial charge >= 0.3 is 12.1 Å². The van der Waals surface area contributed by atoms with Crippen LogP contribution in [0.2, 0.25) is 0 Å². The molecule has 0 spiro atoms. The van der Waals surface area contributed by atoms with Gasteiger partial charge in [0.2, 0.25) is 0 Å². The van der Waals surface area contributed by atoms with Gasteiger partial charge in [-0.2, -0.15) is 11.8 Å². The number of carboxylic acid groups (broad SMARTS) is 1. The largest absolute Gasteiger partial charge is 0.480 e. The third-order valence-electron chi connectivity index (χ3n) is 6.56. The van der Waals surface area contributed by atoms with Crippen LogP contribution >= 0.6 is 11.8 Å². The Labute approximate surface area is 217 Å². The number of carbonyl (C=O) groups is 4. The van der Waals surface area contributed by atoms with Crippen LogP contribution in [0.15, 0.2) is 72.8 Å². The topological polar surface area (TPSA) is 113 Å². The molecule has 5 rings (SSSR count). The van der Waals surface area contributed by atoms with Crippen molar-refractivity contribution in [1.82, 2.24) is 10.2 Å². The molecule has 3 aromatic carbocycles. The summed E-state index contributed by atoms with van der Waals surface area (Å²) in [5, 5.41) is 12.0. The van der Waals surface area contributed by atoms with E-state index in [1.54, 1.807) is 24.3 Å². The number of carbonyl (C=O) groups excluding carboxylic acids is 3. The zero-order chi connectivity index (χ0) is 25.9. The van der Waals surface area contributed by atoms with E-state index in [0.717, 1.165) is 27.2 Å². The number of nitrogens with one attached hydrogen (secondary N) is 1. The van der Waals surface area contributed by atoms with Gasteiger partial charge in [-0.1, -0.05) is 60.7 Å². The van der Waals surface area contributed by atoms with Crippen LogP contribution in [0.4, 0.5) is 4.79 Å². The maximum absolute atomic E-state index is 12.5. The molecule has 2 N–H and O–H groups in total. The molecule has 0 fully saturated rings. The van der Waals surface area contributed by atoms with Crippen molar-refractivity contribution in [2.45, 2.75) is 12.0 Å². The molecule has 188 valence electrons. The van der Waals surface area contributed by atoms with Crippen LogP contribution in [0.25, 0.3) is 11.1 Å². The second kappa shape index (κ2) is 10.5. The van der Waals surface area contributed by atoms with Gasteiger partial charge in [0.05, 0.1) is 11.1 Å². The van der Waals surface area contributed by atoms with E-state index in [4.69, 9.17) is 4.74 Å². The molecule has 0 saturated carbocycles. The minimum atomic E-state index is -1.19. The van der Waals surface area contributed by atoms with Crippen molar-refractivity contribution in [3.8, 4) is 11.1 Å². The van der Waals surface area contributed by atoms with Gasteiger partial charge in [-0.05, 0) is 34.4 Å². The van der Waals surface area contributed by atoms with Crippen LogP contribution in [0.5, 0.6) is 0 Å². The number of alkyl carbamates (subject to hydrolysis) is 1. The van der Waals surface area contributed by atoms with E-state index in [1.165, 1.54) is 11.8 Å². The summed E-state index contributed by atoms with van der Waals surface area (Å²) < 4.78 is 5.45. The van der Waals surface area contributed by atoms with Gasteiger partial charge in [-0.3, -0.25) is 14.5 Å². The first-order valence-electron chi connectivity index (χ1n) is 11.8. The van der Waals surface area contributed by atoms with Gasteiger partial charge in [0.15, 0.2) is 0 Å². The molecule has 0 saturated heterocycles. The molecule has 1 atom stereocenters. The maximum atomic E-state index is 12.5. The summed E-state index contributed by atoms with van der Waals surface area (Å²) in [5.41, 5.74) is 5.08. The molecule has 0 radical (unpaired) electrons. The average molecular weight is 517 g/mol. The molecular weight excluding hydrogens is 492 g/mol. The van der Waals surface area contributed by atoms with Crippen LogP contribution in [-0.2, 0) is 9.53 Å². The summed E-state index contributed by atoms with van der Waals surface area (Å²) in [5.74, 6) is -1.64. The fourth-order valence-corrected chi connectivity index (χ4v) is 5.70. The summed E-state index contributed by atoms with van der Waals surface area (Å²) in [6.45, 7) is 0.230. The number of rotatable bonds is 9. The van der Waals surface area contributed by atoms with Gasteiger partial charge in [0.25, 0.3) is 11.8 Å². The number of benzene rings is 3. The third-order valence-corrected chi connectivity index (χ3v) is 7.60. The number of nitrogens with zero attached hydrogens (tertiary/aromatic N) is 1. The number of amides is 3. The molecule has 0 aromatic heterocycles. The molecule has 9 heteroatoms. The first-order chi connectivity index (χ1) is 18.0. The number of aliphatic carboxylic acids is 1. The first-order valence-corrected chi connectivity index (χ1v) is 13.0. The second-order valence-electron chi connectivity index (χ2n) is 8.74. The molecule has 3 aromatic rings. The Kier molecular flexibility index (Phi) is 6.96. The Balaban J connectivity index is 1.12. The van der Waals surface area contributed by atoms with E-state index >= 15 is 0 Å². The maximum Gasteiger partial charge on any atom is 0.407 e. The molecule has 2 aliphatic rings. The van der Waals surface area contributed by atoms with Gasteiger partial charge in [-0.25, -0.2) is 9.59 Å². The lowest BCUT2D eigenvalue weighted by atomic mass is 9.98. The molecular formula is C28H24N2O6S. The summed E-state index contributed by atoms with van der Waals surface area (Å²) in [6, 6.07) is 21.4. The number of thioether (sulfide) groups is 1. The quantitative estimate of drug-likeness (QED) is 0.326. The monoisotopic (exact) mass is 516 g/mol. The highest BCUT2D eigenvalue weighted by atomic mass is 32.2. The highest BCUT2D eigenvalue weighted by molar-refractivity contribution is 7.99. The Morgan fingerprint density at radius 1 is 0.865 bits per heavy atom. The molecule has 0 bridgehead atoms. The zero-order valence-corrected chi connectivity index (χ0v) is 20.6. The normalized spacial score (nSPS) is 14.6. The Morgan fingerprint density at radius 3 is 1.92 bits per heavy atom. The van der Waals surface area contributed by atoms with Gasteiger partial charge in [0.1, 0.15) is 12.6 Å². The highest BCUT2D eigenvalue weighted by Gasteiger charge is 2.35. The predicted molar refractivity (Wildman–Crippen MR) is 139 cm³/mol. The van der Waals surface area contributed by atoms with Crippen LogP contribution in [0.3, 0.4) is 0 Å². The van der Waals surface area contributed by atoms with Crippen molar-refractivity contribution < 1.29 is 29.0 Å². The standard InChI is InChI=1S/C28H24N2O6S/c31-25-21-11-5-6-12-22(21)26(32)30(25)13-14-37-16-24(27(33)34)29-28(35)36-15-23-19-9-3-1-7-17(19)18-8-2-4-10-20(18)23/h1-12,23-24H,13-16H2,(H,29,35)(H,33,34). The fraction of sp³-hybridized carbons (Fsp3) is 0.214. The van der Waals surface area contributed by atoms with Crippen molar-refractivity contribution in [1.29, 1.82) is 0 Å². The first kappa shape index (κ1) is 24.6. The Morgan fingerprint density at radius 2 is 1.38 bits per heavy atom. The summed E-state index contributed by atoms with van der Waals surface area (Å²) in [4.78, 5) is 50.3. The van der Waals surface area contributed by atoms with Crippen molar-refractivity contribution in [3.05, 3.63) is 95.1 Å². The fourth-order valence-electron chi connectivity index (χ4n) is 4.76. The second-order valence-corrected chi connectivity index (χ2v) is 9.89. The smallest absolute Gasteiger partial charge is 0.407 e. The number of hydrogen-bond acceptors (Lipinski definition) is 6. The third kappa shape index (κ3) is 4.82. The van der Waals surface area contributed by atoms with Crippen molar-refractivity contribution in [2.75, 3.05) is 24.7 Å². The average Bonchev–Trinajstić information content (AvgIpc) is 3.36. The molecule has 1 unspecified atom stereocenters. The van der Waals surface area contributed by atoms with E-state index in [9.17, 15) is 24.3 Å². The van der Waals surface area contributed by atoms with E-state index in [1.807, 2.05) is 48.5 Å². The van der Waals surface area contributed by atoms with E-state index < -0.39 is 18.1 Å². The van der Waals surface area contributed by atoms with Crippen molar-refractivity contribution in [3.63, 3.8) is 0 Å². The van der Waals surface area contributed by atoms with Crippen LogP contribution in [0, 0.1) is 0 Å². The molecule has 1 aliphatic carbocycles. The van der Waals surface area contributed by atoms with Crippen LogP contribution in [-0.4, -0.2) is 64.6 Å². The SMILES string of the molecule is O=C(NC(CSCCN1C(=O)c2ccccc2C1=O)C(=O)O)OCC1c2ccccc2-c2ccccc21. The van der Waals surface area contributed by atoms with Gasteiger partial charge in [0, 0.05) is 24.0 Å². The summed E-state index contributed by atoms with van der Waals surface area (Å²) >= 11 is 1.23. The lowest BCUT2D eigenvalue weighted by Gasteiger charge is -2.18. The Hall–Kier alpha value is -4.11. The number of fused-ring (bicyclic) bond motifs is 4. The Bertz CT molecular complexity index is 1310. The number of carboxylic acids is 1. The minimum Gasteiger partial charge on any atom is -0.480 e. The van der Waals surface area contributed by atoms with Gasteiger partial charge in [-0.15, -0.1) is 0 Å². The van der Waals surface area contributed by atoms with Crippen molar-refractivity contribution >= 4 is 35.6 Å². The van der Waals surface area contributed by atoms with Gasteiger partial charge < -0.3 is 15.2 Å². The zero-order valence-electron chi connectivity index (χ0n) is 19.8. The van der Waals surface area contributed by atoms with Crippen molar-refractivity contribution in [2.24, 2.45) is 0 Å². The van der Waals surface area contributed by atoms with Crippen LogP contribution < -0.4 is 5.32 Å². The molecule has 37 heavy (non-hydrogen) atoms.